The molecule has 0 heterocycles. The van der Waals surface area contributed by atoms with Gasteiger partial charge in [-0.05, 0) is 24.6 Å². The third-order valence-electron chi connectivity index (χ3n) is 2.49. The predicted molar refractivity (Wildman–Crippen MR) is 69.4 cm³/mol. The Hall–Kier alpha value is -2.10. The number of hydrogen-bond acceptors (Lipinski definition) is 3. The quantitative estimate of drug-likeness (QED) is 0.618. The Bertz CT molecular complexity index is 720. The van der Waals surface area contributed by atoms with Gasteiger partial charge in [-0.2, -0.15) is 18.2 Å². The topological polar surface area (TPSA) is 116 Å². The third-order valence-corrected chi connectivity index (χ3v) is 3.63. The zero-order valence-electron chi connectivity index (χ0n) is 11.0. The average Bonchev–Trinajstić information content (AvgIpc) is 2.24. The minimum atomic E-state index is -4.87. The van der Waals surface area contributed by atoms with Gasteiger partial charge in [0.15, 0.2) is 15.8 Å². The number of carbonyl (C=O) groups excluding carboxylic acids is 1. The smallest absolute Gasteiger partial charge is 0.370 e. The van der Waals surface area contributed by atoms with Gasteiger partial charge in [0, 0.05) is 11.8 Å². The fourth-order valence-electron chi connectivity index (χ4n) is 1.62. The van der Waals surface area contributed by atoms with Crippen LogP contribution in [0.15, 0.2) is 22.0 Å². The van der Waals surface area contributed by atoms with Crippen molar-refractivity contribution >= 4 is 21.7 Å². The number of amides is 1. The van der Waals surface area contributed by atoms with Crippen LogP contribution in [0.25, 0.3) is 0 Å². The highest BCUT2D eigenvalue weighted by molar-refractivity contribution is 7.90. The lowest BCUT2D eigenvalue weighted by Gasteiger charge is -2.14. The normalized spacial score (nSPS) is 12.0. The van der Waals surface area contributed by atoms with Crippen LogP contribution in [0.3, 0.4) is 0 Å². The number of sulfone groups is 1. The Balaban J connectivity index is 3.69. The molecular weight excluding hydrogens is 311 g/mol. The van der Waals surface area contributed by atoms with Crippen molar-refractivity contribution in [2.45, 2.75) is 18.0 Å². The van der Waals surface area contributed by atoms with Crippen molar-refractivity contribution in [2.75, 3.05) is 6.26 Å². The van der Waals surface area contributed by atoms with Crippen LogP contribution in [0.1, 0.15) is 21.5 Å². The van der Waals surface area contributed by atoms with Crippen molar-refractivity contribution in [3.8, 4) is 0 Å². The number of aliphatic imine (C=N–C) groups is 1. The molecule has 10 heteroatoms. The molecule has 0 saturated heterocycles. The summed E-state index contributed by atoms with van der Waals surface area (Å²) in [5.74, 6) is -1.61. The summed E-state index contributed by atoms with van der Waals surface area (Å²) in [4.78, 5) is 13.9. The Morgan fingerprint density at radius 2 is 1.76 bits per heavy atom. The van der Waals surface area contributed by atoms with E-state index in [-0.39, 0.29) is 11.1 Å². The number of nitrogens with zero attached hydrogens (tertiary/aromatic N) is 1. The van der Waals surface area contributed by atoms with Crippen molar-refractivity contribution in [1.82, 2.24) is 0 Å². The number of nitrogens with two attached hydrogens (primary N) is 2. The highest BCUT2D eigenvalue weighted by atomic mass is 32.2. The molecule has 116 valence electrons. The van der Waals surface area contributed by atoms with Gasteiger partial charge in [-0.15, -0.1) is 0 Å². The molecule has 0 aliphatic carbocycles. The molecule has 0 unspecified atom stereocenters. The first-order chi connectivity index (χ1) is 9.34. The summed E-state index contributed by atoms with van der Waals surface area (Å²) >= 11 is 0. The second kappa shape index (κ2) is 5.35. The zero-order chi connectivity index (χ0) is 16.6. The van der Waals surface area contributed by atoms with Gasteiger partial charge in [-0.1, -0.05) is 0 Å². The summed E-state index contributed by atoms with van der Waals surface area (Å²) in [5.41, 5.74) is 8.27. The monoisotopic (exact) mass is 323 g/mol. The molecule has 4 N–H and O–H groups in total. The van der Waals surface area contributed by atoms with Crippen LogP contribution in [0.5, 0.6) is 0 Å². The predicted octanol–water partition coefficient (Wildman–Crippen LogP) is 0.831. The Labute approximate surface area is 118 Å². The van der Waals surface area contributed by atoms with Gasteiger partial charge in [-0.25, -0.2) is 8.42 Å². The maximum atomic E-state index is 12.9. The van der Waals surface area contributed by atoms with E-state index in [9.17, 15) is 26.4 Å². The largest absolute Gasteiger partial charge is 0.417 e. The fraction of sp³-hybridized carbons (Fsp3) is 0.273. The molecule has 0 bridgehead atoms. The van der Waals surface area contributed by atoms with E-state index in [4.69, 9.17) is 11.5 Å². The summed E-state index contributed by atoms with van der Waals surface area (Å²) in [6.07, 6.45) is -4.26. The molecule has 0 aromatic heterocycles. The molecule has 1 aromatic rings. The van der Waals surface area contributed by atoms with Crippen molar-refractivity contribution in [1.29, 1.82) is 0 Å². The molecule has 0 atom stereocenters. The second-order valence-corrected chi connectivity index (χ2v) is 6.26. The summed E-state index contributed by atoms with van der Waals surface area (Å²) in [6, 6.07) is 1.20. The Morgan fingerprint density at radius 3 is 2.14 bits per heavy atom. The molecule has 6 nitrogen and oxygen atoms in total. The molecule has 1 aromatic carbocycles. The number of guanidine groups is 1. The standard InChI is InChI=1S/C11H12F3N3O3S/c1-5-3-7(11(12,13)14)8(21(2,19)20)4-6(5)9(18)17-10(15)16/h3-4H,1-2H3,(H4,15,16,17,18). The summed E-state index contributed by atoms with van der Waals surface area (Å²) in [6.45, 7) is 1.22. The van der Waals surface area contributed by atoms with Gasteiger partial charge < -0.3 is 11.5 Å². The van der Waals surface area contributed by atoms with Crippen molar-refractivity contribution < 1.29 is 26.4 Å². The molecule has 0 saturated carbocycles. The first kappa shape index (κ1) is 17.0. The molecule has 0 aliphatic rings. The number of benzene rings is 1. The van der Waals surface area contributed by atoms with Gasteiger partial charge >= 0.3 is 6.18 Å². The summed E-state index contributed by atoms with van der Waals surface area (Å²) in [5, 5.41) is 0. The molecule has 0 aliphatic heterocycles. The van der Waals surface area contributed by atoms with E-state index in [2.05, 4.69) is 4.99 Å². The average molecular weight is 323 g/mol. The molecule has 1 rings (SSSR count). The zero-order valence-corrected chi connectivity index (χ0v) is 11.8. The Kier molecular flexibility index (Phi) is 4.32. The van der Waals surface area contributed by atoms with Crippen LogP contribution in [-0.4, -0.2) is 26.5 Å². The third kappa shape index (κ3) is 3.94. The first-order valence-electron chi connectivity index (χ1n) is 5.40. The number of rotatable bonds is 2. The van der Waals surface area contributed by atoms with Crippen LogP contribution in [0, 0.1) is 6.92 Å². The minimum absolute atomic E-state index is 0.0928. The molecule has 21 heavy (non-hydrogen) atoms. The van der Waals surface area contributed by atoms with Crippen LogP contribution in [0.2, 0.25) is 0 Å². The van der Waals surface area contributed by atoms with Crippen molar-refractivity contribution in [3.05, 3.63) is 28.8 Å². The van der Waals surface area contributed by atoms with Crippen molar-refractivity contribution in [2.24, 2.45) is 16.5 Å². The van der Waals surface area contributed by atoms with E-state index < -0.39 is 38.3 Å². The maximum Gasteiger partial charge on any atom is 0.417 e. The first-order valence-corrected chi connectivity index (χ1v) is 7.29. The van der Waals surface area contributed by atoms with Gasteiger partial charge in [0.25, 0.3) is 5.91 Å². The number of hydrogen-bond donors (Lipinski definition) is 2. The van der Waals surface area contributed by atoms with E-state index in [0.29, 0.717) is 18.4 Å². The number of halogens is 3. The van der Waals surface area contributed by atoms with Gasteiger partial charge in [0.1, 0.15) is 0 Å². The number of carbonyl (C=O) groups is 1. The second-order valence-electron chi connectivity index (χ2n) is 4.28. The number of aryl methyl sites for hydroxylation is 1. The summed E-state index contributed by atoms with van der Waals surface area (Å²) in [7, 11) is -4.20. The van der Waals surface area contributed by atoms with Gasteiger partial charge in [0.2, 0.25) is 0 Å². The molecular formula is C11H12F3N3O3S. The van der Waals surface area contributed by atoms with Crippen LogP contribution in [0.4, 0.5) is 13.2 Å². The highest BCUT2D eigenvalue weighted by Gasteiger charge is 2.37. The highest BCUT2D eigenvalue weighted by Crippen LogP contribution is 2.36. The minimum Gasteiger partial charge on any atom is -0.370 e. The van der Waals surface area contributed by atoms with Crippen LogP contribution < -0.4 is 11.5 Å². The fourth-order valence-corrected chi connectivity index (χ4v) is 2.53. The molecule has 0 spiro atoms. The summed E-state index contributed by atoms with van der Waals surface area (Å²) < 4.78 is 61.7. The van der Waals surface area contributed by atoms with Gasteiger partial charge in [0.05, 0.1) is 10.5 Å². The lowest BCUT2D eigenvalue weighted by Crippen LogP contribution is -2.24. The maximum absolute atomic E-state index is 12.9. The van der Waals surface area contributed by atoms with Crippen LogP contribution in [-0.2, 0) is 16.0 Å². The molecule has 0 fully saturated rings. The van der Waals surface area contributed by atoms with Crippen molar-refractivity contribution in [3.63, 3.8) is 0 Å². The Morgan fingerprint density at radius 1 is 1.24 bits per heavy atom. The lowest BCUT2D eigenvalue weighted by molar-refractivity contribution is -0.139. The van der Waals surface area contributed by atoms with Crippen LogP contribution >= 0.6 is 0 Å². The molecule has 1 amide bonds. The molecule has 0 radical (unpaired) electrons. The van der Waals surface area contributed by atoms with E-state index in [0.717, 1.165) is 0 Å². The van der Waals surface area contributed by atoms with E-state index in [1.165, 1.54) is 6.92 Å². The SMILES string of the molecule is Cc1cc(C(F)(F)F)c(S(C)(=O)=O)cc1C(=O)N=C(N)N. The van der Waals surface area contributed by atoms with E-state index in [1.54, 1.807) is 0 Å². The van der Waals surface area contributed by atoms with E-state index in [1.807, 2.05) is 0 Å². The lowest BCUT2D eigenvalue weighted by atomic mass is 10.0. The van der Waals surface area contributed by atoms with Gasteiger partial charge in [-0.3, -0.25) is 4.79 Å². The van der Waals surface area contributed by atoms with E-state index >= 15 is 0 Å². The number of alkyl halides is 3.